The van der Waals surface area contributed by atoms with Crippen LogP contribution < -0.4 is 5.73 Å². The molecule has 0 aliphatic heterocycles. The Balaban J connectivity index is 2.10. The van der Waals surface area contributed by atoms with Gasteiger partial charge in [0.1, 0.15) is 0 Å². The van der Waals surface area contributed by atoms with E-state index in [1.165, 1.54) is 32.1 Å². The Morgan fingerprint density at radius 2 is 1.92 bits per heavy atom. The molecule has 2 heteroatoms. The Kier molecular flexibility index (Phi) is 4.74. The predicted octanol–water partition coefficient (Wildman–Crippen LogP) is 2.46. The van der Waals surface area contributed by atoms with Gasteiger partial charge in [0.25, 0.3) is 0 Å². The molecule has 0 aromatic rings. The molecule has 1 saturated carbocycles. The SMILES string of the molecule is CCOCCCC1(N)CCCCC1. The summed E-state index contributed by atoms with van der Waals surface area (Å²) in [7, 11) is 0. The van der Waals surface area contributed by atoms with E-state index in [2.05, 4.69) is 0 Å². The molecule has 0 atom stereocenters. The number of hydrogen-bond acceptors (Lipinski definition) is 2. The van der Waals surface area contributed by atoms with E-state index in [0.29, 0.717) is 0 Å². The van der Waals surface area contributed by atoms with Gasteiger partial charge in [-0.25, -0.2) is 0 Å². The van der Waals surface area contributed by atoms with Crippen molar-refractivity contribution >= 4 is 0 Å². The lowest BCUT2D eigenvalue weighted by molar-refractivity contribution is 0.132. The molecule has 0 spiro atoms. The van der Waals surface area contributed by atoms with Gasteiger partial charge in [-0.3, -0.25) is 0 Å². The highest BCUT2D eigenvalue weighted by atomic mass is 16.5. The summed E-state index contributed by atoms with van der Waals surface area (Å²) in [5.41, 5.74) is 6.43. The van der Waals surface area contributed by atoms with Crippen LogP contribution in [0.1, 0.15) is 51.9 Å². The van der Waals surface area contributed by atoms with Crippen molar-refractivity contribution in [2.45, 2.75) is 57.4 Å². The van der Waals surface area contributed by atoms with Crippen molar-refractivity contribution in [3.63, 3.8) is 0 Å². The molecule has 1 aliphatic rings. The van der Waals surface area contributed by atoms with Crippen LogP contribution in [0.5, 0.6) is 0 Å². The Bertz CT molecular complexity index is 130. The first-order valence-electron chi connectivity index (χ1n) is 5.63. The molecule has 0 radical (unpaired) electrons. The topological polar surface area (TPSA) is 35.2 Å². The fourth-order valence-corrected chi connectivity index (χ4v) is 2.18. The molecule has 1 rings (SSSR count). The second-order valence-corrected chi connectivity index (χ2v) is 4.22. The van der Waals surface area contributed by atoms with Crippen molar-refractivity contribution in [1.29, 1.82) is 0 Å². The minimum absolute atomic E-state index is 0.148. The van der Waals surface area contributed by atoms with Crippen molar-refractivity contribution in [3.8, 4) is 0 Å². The molecule has 13 heavy (non-hydrogen) atoms. The first-order valence-corrected chi connectivity index (χ1v) is 5.63. The molecular formula is C11H23NO. The summed E-state index contributed by atoms with van der Waals surface area (Å²) in [6.45, 7) is 3.76. The lowest BCUT2D eigenvalue weighted by atomic mass is 9.79. The maximum Gasteiger partial charge on any atom is 0.0466 e. The maximum absolute atomic E-state index is 6.29. The Hall–Kier alpha value is -0.0800. The monoisotopic (exact) mass is 185 g/mol. The van der Waals surface area contributed by atoms with Gasteiger partial charge in [-0.2, -0.15) is 0 Å². The van der Waals surface area contributed by atoms with E-state index >= 15 is 0 Å². The van der Waals surface area contributed by atoms with Crippen molar-refractivity contribution < 1.29 is 4.74 Å². The Morgan fingerprint density at radius 1 is 1.23 bits per heavy atom. The van der Waals surface area contributed by atoms with Crippen molar-refractivity contribution in [2.24, 2.45) is 5.73 Å². The zero-order chi connectivity index (χ0) is 9.57. The lowest BCUT2D eigenvalue weighted by Gasteiger charge is -2.33. The van der Waals surface area contributed by atoms with Gasteiger partial charge in [-0.05, 0) is 32.6 Å². The molecule has 2 nitrogen and oxygen atoms in total. The first kappa shape index (κ1) is 11.0. The summed E-state index contributed by atoms with van der Waals surface area (Å²) in [6, 6.07) is 0. The maximum atomic E-state index is 6.29. The first-order chi connectivity index (χ1) is 6.27. The van der Waals surface area contributed by atoms with Crippen LogP contribution in [0.2, 0.25) is 0 Å². The molecule has 1 fully saturated rings. The van der Waals surface area contributed by atoms with E-state index in [4.69, 9.17) is 10.5 Å². The summed E-state index contributed by atoms with van der Waals surface area (Å²) in [4.78, 5) is 0. The second kappa shape index (κ2) is 5.61. The molecule has 0 amide bonds. The van der Waals surface area contributed by atoms with E-state index in [-0.39, 0.29) is 5.54 Å². The van der Waals surface area contributed by atoms with Gasteiger partial charge in [0, 0.05) is 18.8 Å². The Morgan fingerprint density at radius 3 is 2.54 bits per heavy atom. The molecule has 0 aromatic carbocycles. The molecule has 0 unspecified atom stereocenters. The highest BCUT2D eigenvalue weighted by Crippen LogP contribution is 2.29. The minimum Gasteiger partial charge on any atom is -0.382 e. The fraction of sp³-hybridized carbons (Fsp3) is 1.00. The fourth-order valence-electron chi connectivity index (χ4n) is 2.18. The highest BCUT2D eigenvalue weighted by molar-refractivity contribution is 4.86. The number of ether oxygens (including phenoxy) is 1. The second-order valence-electron chi connectivity index (χ2n) is 4.22. The zero-order valence-corrected chi connectivity index (χ0v) is 8.85. The summed E-state index contributed by atoms with van der Waals surface area (Å²) < 4.78 is 5.31. The van der Waals surface area contributed by atoms with E-state index in [9.17, 15) is 0 Å². The van der Waals surface area contributed by atoms with Gasteiger partial charge in [0.05, 0.1) is 0 Å². The largest absolute Gasteiger partial charge is 0.382 e. The molecule has 0 aromatic heterocycles. The van der Waals surface area contributed by atoms with Gasteiger partial charge in [-0.1, -0.05) is 19.3 Å². The average Bonchev–Trinajstić information content (AvgIpc) is 2.14. The zero-order valence-electron chi connectivity index (χ0n) is 8.85. The minimum atomic E-state index is 0.148. The molecule has 1 aliphatic carbocycles. The van der Waals surface area contributed by atoms with Gasteiger partial charge in [0.2, 0.25) is 0 Å². The van der Waals surface area contributed by atoms with E-state index in [1.54, 1.807) is 0 Å². The van der Waals surface area contributed by atoms with Gasteiger partial charge < -0.3 is 10.5 Å². The lowest BCUT2D eigenvalue weighted by Crippen LogP contribution is -2.41. The summed E-state index contributed by atoms with van der Waals surface area (Å²) in [6.07, 6.45) is 8.75. The molecular weight excluding hydrogens is 162 g/mol. The molecule has 2 N–H and O–H groups in total. The van der Waals surface area contributed by atoms with Crippen LogP contribution in [0.4, 0.5) is 0 Å². The van der Waals surface area contributed by atoms with Gasteiger partial charge in [0.15, 0.2) is 0 Å². The highest BCUT2D eigenvalue weighted by Gasteiger charge is 2.26. The van der Waals surface area contributed by atoms with Crippen LogP contribution in [-0.4, -0.2) is 18.8 Å². The third-order valence-corrected chi connectivity index (χ3v) is 3.02. The predicted molar refractivity (Wildman–Crippen MR) is 55.7 cm³/mol. The van der Waals surface area contributed by atoms with Crippen LogP contribution in [0.25, 0.3) is 0 Å². The number of nitrogens with two attached hydrogens (primary N) is 1. The molecule has 0 heterocycles. The van der Waals surface area contributed by atoms with Gasteiger partial charge >= 0.3 is 0 Å². The summed E-state index contributed by atoms with van der Waals surface area (Å²) >= 11 is 0. The smallest absolute Gasteiger partial charge is 0.0466 e. The van der Waals surface area contributed by atoms with Crippen LogP contribution in [0.15, 0.2) is 0 Å². The summed E-state index contributed by atoms with van der Waals surface area (Å²) in [5.74, 6) is 0. The molecule has 78 valence electrons. The van der Waals surface area contributed by atoms with E-state index in [1.807, 2.05) is 6.92 Å². The van der Waals surface area contributed by atoms with Gasteiger partial charge in [-0.15, -0.1) is 0 Å². The van der Waals surface area contributed by atoms with Crippen molar-refractivity contribution in [2.75, 3.05) is 13.2 Å². The third kappa shape index (κ3) is 4.10. The number of rotatable bonds is 5. The van der Waals surface area contributed by atoms with E-state index < -0.39 is 0 Å². The quantitative estimate of drug-likeness (QED) is 0.668. The summed E-state index contributed by atoms with van der Waals surface area (Å²) in [5, 5.41) is 0. The van der Waals surface area contributed by atoms with Crippen molar-refractivity contribution in [3.05, 3.63) is 0 Å². The van der Waals surface area contributed by atoms with Crippen LogP contribution >= 0.6 is 0 Å². The third-order valence-electron chi connectivity index (χ3n) is 3.02. The Labute approximate surface area is 81.8 Å². The molecule has 0 saturated heterocycles. The van der Waals surface area contributed by atoms with Crippen molar-refractivity contribution in [1.82, 2.24) is 0 Å². The standard InChI is InChI=1S/C11H23NO/c1-2-13-10-6-9-11(12)7-4-3-5-8-11/h2-10,12H2,1H3. The van der Waals surface area contributed by atoms with E-state index in [0.717, 1.165) is 26.1 Å². The average molecular weight is 185 g/mol. The normalized spacial score (nSPS) is 21.7. The van der Waals surface area contributed by atoms with Crippen LogP contribution in [0, 0.1) is 0 Å². The van der Waals surface area contributed by atoms with Crippen LogP contribution in [0.3, 0.4) is 0 Å². The number of hydrogen-bond donors (Lipinski definition) is 1. The van der Waals surface area contributed by atoms with Crippen LogP contribution in [-0.2, 0) is 4.74 Å². The molecule has 0 bridgehead atoms.